The topological polar surface area (TPSA) is 0 Å². The zero-order chi connectivity index (χ0) is 12.6. The van der Waals surface area contributed by atoms with Crippen LogP contribution in [0.25, 0.3) is 0 Å². The zero-order valence-electron chi connectivity index (χ0n) is 10.1. The summed E-state index contributed by atoms with van der Waals surface area (Å²) in [4.78, 5) is 3.25. The van der Waals surface area contributed by atoms with Crippen LogP contribution >= 0.6 is 0 Å². The first kappa shape index (κ1) is 17.9. The molecule has 0 fully saturated rings. The van der Waals surface area contributed by atoms with Crippen LogP contribution in [0.15, 0.2) is 36.5 Å². The summed E-state index contributed by atoms with van der Waals surface area (Å²) in [6, 6.07) is 0. The van der Waals surface area contributed by atoms with E-state index in [0.717, 1.165) is 12.8 Å². The Balaban J connectivity index is 0. The second-order valence-electron chi connectivity index (χ2n) is 3.11. The molecule has 0 saturated carbocycles. The first-order valence-corrected chi connectivity index (χ1v) is 6.29. The van der Waals surface area contributed by atoms with Crippen molar-refractivity contribution in [3.05, 3.63) is 62.5 Å². The molecule has 0 aromatic rings. The fraction of sp³-hybridized carbons (Fsp3) is 0.267. The van der Waals surface area contributed by atoms with E-state index in [1.54, 1.807) is 20.0 Å². The quantitative estimate of drug-likeness (QED) is 0.451. The molecule has 0 atom stereocenters. The van der Waals surface area contributed by atoms with Gasteiger partial charge in [0.2, 0.25) is 0 Å². The third kappa shape index (κ3) is 23.4. The molecule has 0 nitrogen and oxygen atoms in total. The fourth-order valence-electron chi connectivity index (χ4n) is 0.680. The van der Waals surface area contributed by atoms with Crippen LogP contribution in [-0.4, -0.2) is 4.82 Å². The monoisotopic (exact) mass is 248 g/mol. The van der Waals surface area contributed by atoms with Crippen LogP contribution in [0.2, 0.25) is 0 Å². The molecule has 0 aromatic carbocycles. The van der Waals surface area contributed by atoms with Gasteiger partial charge >= 0.3 is 24.8 Å². The second kappa shape index (κ2) is 17.0. The molecule has 0 radical (unpaired) electrons. The Labute approximate surface area is 113 Å². The van der Waals surface area contributed by atoms with Crippen molar-refractivity contribution in [2.45, 2.75) is 19.8 Å². The number of hydrogen-bond acceptors (Lipinski definition) is 0. The molecular formula is C15H20Ti-4. The summed E-state index contributed by atoms with van der Waals surface area (Å²) >= 11 is 1.75. The Morgan fingerprint density at radius 3 is 1.44 bits per heavy atom. The predicted molar refractivity (Wildman–Crippen MR) is 70.1 cm³/mol. The van der Waals surface area contributed by atoms with Crippen molar-refractivity contribution in [1.29, 1.82) is 0 Å². The standard InChI is InChI=1S/2C5H5.C4H8.CH2.Ti/c2*1-2-4-5-3-1;1-4(2)3;;/h2*1-3H,4H2;4H,1-2H2,3H3;1H2;/q2*-1;-2;;. The van der Waals surface area contributed by atoms with Gasteiger partial charge < -0.3 is 19.8 Å². The Hall–Kier alpha value is -0.456. The van der Waals surface area contributed by atoms with E-state index in [1.807, 2.05) is 31.2 Å². The van der Waals surface area contributed by atoms with Gasteiger partial charge in [-0.3, -0.25) is 12.2 Å². The summed E-state index contributed by atoms with van der Waals surface area (Å²) in [5.74, 6) is 0.333. The summed E-state index contributed by atoms with van der Waals surface area (Å²) in [6.07, 6.45) is 20.0. The first-order chi connectivity index (χ1) is 7.73. The number of hydrogen-bond donors (Lipinski definition) is 0. The minimum atomic E-state index is 0.333. The zero-order valence-corrected chi connectivity index (χ0v) is 11.6. The Morgan fingerprint density at radius 1 is 1.06 bits per heavy atom. The van der Waals surface area contributed by atoms with Crippen LogP contribution in [0.1, 0.15) is 19.8 Å². The molecule has 0 saturated heterocycles. The van der Waals surface area contributed by atoms with E-state index in [0.29, 0.717) is 5.92 Å². The van der Waals surface area contributed by atoms with Gasteiger partial charge in [0.15, 0.2) is 0 Å². The van der Waals surface area contributed by atoms with E-state index < -0.39 is 0 Å². The maximum absolute atomic E-state index is 3.53. The van der Waals surface area contributed by atoms with E-state index in [2.05, 4.69) is 43.0 Å². The first-order valence-electron chi connectivity index (χ1n) is 5.18. The minimum absolute atomic E-state index is 0.333. The molecule has 2 rings (SSSR count). The van der Waals surface area contributed by atoms with Crippen LogP contribution in [-0.2, 0) is 20.0 Å². The number of rotatable bonds is 0. The van der Waals surface area contributed by atoms with Crippen molar-refractivity contribution in [2.24, 2.45) is 5.92 Å². The van der Waals surface area contributed by atoms with Gasteiger partial charge in [0, 0.05) is 0 Å². The van der Waals surface area contributed by atoms with E-state index in [9.17, 15) is 0 Å². The van der Waals surface area contributed by atoms with E-state index in [4.69, 9.17) is 0 Å². The van der Waals surface area contributed by atoms with E-state index >= 15 is 0 Å². The summed E-state index contributed by atoms with van der Waals surface area (Å²) in [6.45, 7) is 9.00. The molecule has 16 heavy (non-hydrogen) atoms. The molecule has 2 aliphatic rings. The number of allylic oxidation sites excluding steroid dienone is 8. The van der Waals surface area contributed by atoms with Crippen LogP contribution in [0.5, 0.6) is 0 Å². The maximum atomic E-state index is 3.53. The van der Waals surface area contributed by atoms with Crippen molar-refractivity contribution in [3.63, 3.8) is 0 Å². The van der Waals surface area contributed by atoms with E-state index in [-0.39, 0.29) is 0 Å². The Bertz CT molecular complexity index is 187. The molecule has 0 spiro atoms. The molecule has 0 N–H and O–H groups in total. The third-order valence-electron chi connectivity index (χ3n) is 1.17. The average Bonchev–Trinajstić information content (AvgIpc) is 2.99. The van der Waals surface area contributed by atoms with Crippen LogP contribution in [0.4, 0.5) is 0 Å². The predicted octanol–water partition coefficient (Wildman–Crippen LogP) is 3.87. The van der Waals surface area contributed by atoms with Gasteiger partial charge in [0.25, 0.3) is 0 Å². The van der Waals surface area contributed by atoms with Gasteiger partial charge in [0.05, 0.1) is 0 Å². The molecule has 2 aliphatic carbocycles. The Kier molecular flexibility index (Phi) is 19.0. The van der Waals surface area contributed by atoms with Crippen molar-refractivity contribution < 1.29 is 20.0 Å². The molecule has 0 bridgehead atoms. The summed E-state index contributed by atoms with van der Waals surface area (Å²) in [5.41, 5.74) is 0. The summed E-state index contributed by atoms with van der Waals surface area (Å²) in [7, 11) is 0. The molecule has 0 amide bonds. The SMILES string of the molecule is [C-]1=CC=CC1.[C-]1=CC=CC1.[CH2-]C([CH2-])C.[CH2]=[Ti]. The molecule has 88 valence electrons. The van der Waals surface area contributed by atoms with Crippen LogP contribution < -0.4 is 0 Å². The van der Waals surface area contributed by atoms with Crippen molar-refractivity contribution in [2.75, 3.05) is 0 Å². The van der Waals surface area contributed by atoms with Crippen molar-refractivity contribution in [1.82, 2.24) is 0 Å². The van der Waals surface area contributed by atoms with Gasteiger partial charge in [-0.25, -0.2) is 24.3 Å². The second-order valence-corrected chi connectivity index (χ2v) is 3.11. The van der Waals surface area contributed by atoms with Gasteiger partial charge in [-0.1, -0.05) is 0 Å². The molecule has 0 aliphatic heterocycles. The molecule has 0 aromatic heterocycles. The third-order valence-corrected chi connectivity index (χ3v) is 1.17. The molecule has 0 heterocycles. The average molecular weight is 248 g/mol. The normalized spacial score (nSPS) is 13.4. The van der Waals surface area contributed by atoms with Crippen LogP contribution in [0.3, 0.4) is 0 Å². The van der Waals surface area contributed by atoms with Crippen LogP contribution in [0, 0.1) is 31.9 Å². The van der Waals surface area contributed by atoms with Crippen molar-refractivity contribution in [3.8, 4) is 0 Å². The fourth-order valence-corrected chi connectivity index (χ4v) is 0.680. The molecule has 0 unspecified atom stereocenters. The van der Waals surface area contributed by atoms with Gasteiger partial charge in [-0.15, -0.1) is 19.8 Å². The Morgan fingerprint density at radius 2 is 1.38 bits per heavy atom. The molecule has 1 heteroatoms. The molecular weight excluding hydrogens is 228 g/mol. The van der Waals surface area contributed by atoms with Gasteiger partial charge in [-0.05, 0) is 0 Å². The van der Waals surface area contributed by atoms with Crippen molar-refractivity contribution >= 4 is 4.82 Å². The van der Waals surface area contributed by atoms with Gasteiger partial charge in [-0.2, -0.15) is 12.2 Å². The summed E-state index contributed by atoms with van der Waals surface area (Å²) < 4.78 is 0. The van der Waals surface area contributed by atoms with E-state index in [1.165, 1.54) is 0 Å². The summed E-state index contributed by atoms with van der Waals surface area (Å²) in [5, 5.41) is 0. The van der Waals surface area contributed by atoms with Gasteiger partial charge in [0.1, 0.15) is 0 Å².